The molecule has 21 heavy (non-hydrogen) atoms. The average Bonchev–Trinajstić information content (AvgIpc) is 2.34. The molecule has 0 bridgehead atoms. The third-order valence-electron chi connectivity index (χ3n) is 2.02. The van der Waals surface area contributed by atoms with E-state index in [9.17, 15) is 36.9 Å². The highest BCUT2D eigenvalue weighted by Gasteiger charge is 2.38. The summed E-state index contributed by atoms with van der Waals surface area (Å²) in [7, 11) is 0.821. The molecule has 0 spiro atoms. The summed E-state index contributed by atoms with van der Waals surface area (Å²) < 4.78 is 69.2. The van der Waals surface area contributed by atoms with Crippen molar-refractivity contribution in [3.63, 3.8) is 0 Å². The minimum atomic E-state index is -5.43. The normalized spacial score (nSPS) is 11.4. The van der Waals surface area contributed by atoms with Gasteiger partial charge in [-0.25, -0.2) is 18.6 Å². The number of alkyl halides is 5. The maximum absolute atomic E-state index is 12.7. The van der Waals surface area contributed by atoms with Crippen LogP contribution in [-0.2, 0) is 4.74 Å². The maximum atomic E-state index is 12.7. The van der Waals surface area contributed by atoms with Crippen LogP contribution in [0.3, 0.4) is 0 Å². The van der Waals surface area contributed by atoms with Gasteiger partial charge in [0.2, 0.25) is 5.88 Å². The van der Waals surface area contributed by atoms with Crippen LogP contribution in [0.15, 0.2) is 6.07 Å². The van der Waals surface area contributed by atoms with E-state index in [2.05, 4.69) is 14.5 Å². The topological polar surface area (TPSA) is 91.6 Å². The second kappa shape index (κ2) is 5.85. The molecule has 0 amide bonds. The van der Waals surface area contributed by atoms with Crippen molar-refractivity contribution in [1.29, 1.82) is 0 Å². The summed E-state index contributed by atoms with van der Waals surface area (Å²) in [4.78, 5) is 23.3. The molecule has 0 atom stereocenters. The van der Waals surface area contributed by atoms with Crippen LogP contribution in [0.1, 0.15) is 22.5 Å². The summed E-state index contributed by atoms with van der Waals surface area (Å²) in [5.41, 5.74) is -4.11. The predicted molar refractivity (Wildman–Crippen MR) is 53.9 cm³/mol. The van der Waals surface area contributed by atoms with Crippen LogP contribution in [0.25, 0.3) is 0 Å². The number of nitrogens with zero attached hydrogens (tertiary/aromatic N) is 2. The van der Waals surface area contributed by atoms with E-state index in [-0.39, 0.29) is 6.07 Å². The zero-order chi connectivity index (χ0) is 16.4. The van der Waals surface area contributed by atoms with Crippen molar-refractivity contribution in [2.24, 2.45) is 0 Å². The van der Waals surface area contributed by atoms with Crippen LogP contribution in [-0.4, -0.2) is 29.3 Å². The Kier molecular flexibility index (Phi) is 4.60. The Hall–Kier alpha value is -2.53. The molecular weight excluding hydrogens is 311 g/mol. The maximum Gasteiger partial charge on any atom is 0.574 e. The third kappa shape index (κ3) is 3.97. The molecule has 1 aromatic heterocycles. The van der Waals surface area contributed by atoms with Crippen molar-refractivity contribution in [2.45, 2.75) is 12.8 Å². The fourth-order valence-corrected chi connectivity index (χ4v) is 1.27. The zero-order valence-corrected chi connectivity index (χ0v) is 9.98. The summed E-state index contributed by atoms with van der Waals surface area (Å²) in [6, 6.07) is 0.274. The SMILES string of the molecule is COC(=O)c1cc([N+](=O)[O-])c(C(F)F)c(OC(F)(F)F)n1. The van der Waals surface area contributed by atoms with Gasteiger partial charge in [-0.1, -0.05) is 0 Å². The molecule has 7 nitrogen and oxygen atoms in total. The van der Waals surface area contributed by atoms with Gasteiger partial charge in [0.1, 0.15) is 0 Å². The van der Waals surface area contributed by atoms with Crippen LogP contribution in [0.2, 0.25) is 0 Å². The van der Waals surface area contributed by atoms with E-state index < -0.39 is 46.5 Å². The quantitative estimate of drug-likeness (QED) is 0.367. The van der Waals surface area contributed by atoms with Crippen LogP contribution < -0.4 is 4.74 Å². The van der Waals surface area contributed by atoms with Gasteiger partial charge in [0, 0.05) is 6.07 Å². The molecular formula is C9H5F5N2O5. The molecule has 1 aromatic rings. The van der Waals surface area contributed by atoms with E-state index in [0.29, 0.717) is 0 Å². The van der Waals surface area contributed by atoms with Gasteiger partial charge in [-0.3, -0.25) is 10.1 Å². The van der Waals surface area contributed by atoms with E-state index in [1.807, 2.05) is 0 Å². The lowest BCUT2D eigenvalue weighted by atomic mass is 10.2. The number of pyridine rings is 1. The molecule has 0 fully saturated rings. The molecule has 0 saturated heterocycles. The molecule has 0 aromatic carbocycles. The highest BCUT2D eigenvalue weighted by molar-refractivity contribution is 5.88. The van der Waals surface area contributed by atoms with E-state index in [1.165, 1.54) is 0 Å². The van der Waals surface area contributed by atoms with Gasteiger partial charge in [0.15, 0.2) is 11.3 Å². The van der Waals surface area contributed by atoms with E-state index in [1.54, 1.807) is 0 Å². The Morgan fingerprint density at radius 1 is 1.43 bits per heavy atom. The molecule has 0 saturated carbocycles. The molecule has 0 aliphatic carbocycles. The van der Waals surface area contributed by atoms with Gasteiger partial charge >= 0.3 is 12.3 Å². The number of halogens is 5. The lowest BCUT2D eigenvalue weighted by Gasteiger charge is -2.13. The zero-order valence-electron chi connectivity index (χ0n) is 9.98. The van der Waals surface area contributed by atoms with E-state index in [4.69, 9.17) is 0 Å². The summed E-state index contributed by atoms with van der Waals surface area (Å²) in [5.74, 6) is -3.14. The van der Waals surface area contributed by atoms with Gasteiger partial charge in [-0.15, -0.1) is 13.2 Å². The number of carbonyl (C=O) groups excluding carboxylic acids is 1. The first-order valence-electron chi connectivity index (χ1n) is 4.88. The molecule has 1 rings (SSSR count). The number of carbonyl (C=O) groups is 1. The third-order valence-corrected chi connectivity index (χ3v) is 2.02. The van der Waals surface area contributed by atoms with Crippen molar-refractivity contribution < 1.29 is 41.1 Å². The molecule has 0 aliphatic heterocycles. The number of hydrogen-bond donors (Lipinski definition) is 0. The molecule has 12 heteroatoms. The van der Waals surface area contributed by atoms with Crippen LogP contribution in [0, 0.1) is 10.1 Å². The second-order valence-corrected chi connectivity index (χ2v) is 3.34. The molecule has 1 heterocycles. The Morgan fingerprint density at radius 3 is 2.38 bits per heavy atom. The Labute approximate surface area is 112 Å². The van der Waals surface area contributed by atoms with Crippen molar-refractivity contribution in [2.75, 3.05) is 7.11 Å². The van der Waals surface area contributed by atoms with Gasteiger partial charge < -0.3 is 9.47 Å². The standard InChI is InChI=1S/C9H5F5N2O5/c1-20-8(17)3-2-4(16(18)19)5(6(10)11)7(15-3)21-9(12,13)14/h2,6H,1H3. The number of rotatable bonds is 4. The second-order valence-electron chi connectivity index (χ2n) is 3.34. The van der Waals surface area contributed by atoms with Gasteiger partial charge in [0.05, 0.1) is 12.0 Å². The first kappa shape index (κ1) is 16.5. The largest absolute Gasteiger partial charge is 0.574 e. The summed E-state index contributed by atoms with van der Waals surface area (Å²) in [6.45, 7) is 0. The Morgan fingerprint density at radius 2 is 2.00 bits per heavy atom. The number of methoxy groups -OCH3 is 1. The van der Waals surface area contributed by atoms with Gasteiger partial charge in [-0.05, 0) is 0 Å². The lowest BCUT2D eigenvalue weighted by Crippen LogP contribution is -2.21. The van der Waals surface area contributed by atoms with Crippen LogP contribution >= 0.6 is 0 Å². The molecule has 116 valence electrons. The smallest absolute Gasteiger partial charge is 0.464 e. The van der Waals surface area contributed by atoms with Gasteiger partial charge in [-0.2, -0.15) is 0 Å². The monoisotopic (exact) mass is 316 g/mol. The van der Waals surface area contributed by atoms with Crippen molar-refractivity contribution >= 4 is 11.7 Å². The first-order valence-corrected chi connectivity index (χ1v) is 4.88. The number of ether oxygens (including phenoxy) is 2. The Balaban J connectivity index is 3.59. The highest BCUT2D eigenvalue weighted by atomic mass is 19.4. The van der Waals surface area contributed by atoms with E-state index >= 15 is 0 Å². The first-order chi connectivity index (χ1) is 9.56. The molecule has 0 radical (unpaired) electrons. The Bertz CT molecular complexity index is 574. The number of aromatic nitrogens is 1. The number of esters is 1. The number of nitro groups is 1. The lowest BCUT2D eigenvalue weighted by molar-refractivity contribution is -0.386. The fourth-order valence-electron chi connectivity index (χ4n) is 1.27. The van der Waals surface area contributed by atoms with Crippen LogP contribution in [0.4, 0.5) is 27.6 Å². The van der Waals surface area contributed by atoms with Crippen molar-refractivity contribution in [3.05, 3.63) is 27.4 Å². The minimum Gasteiger partial charge on any atom is -0.464 e. The molecule has 0 N–H and O–H groups in total. The number of hydrogen-bond acceptors (Lipinski definition) is 6. The van der Waals surface area contributed by atoms with E-state index in [0.717, 1.165) is 7.11 Å². The molecule has 0 unspecified atom stereocenters. The predicted octanol–water partition coefficient (Wildman–Crippen LogP) is 2.61. The minimum absolute atomic E-state index is 0.274. The van der Waals surface area contributed by atoms with Gasteiger partial charge in [0.25, 0.3) is 12.1 Å². The van der Waals surface area contributed by atoms with Crippen LogP contribution in [0.5, 0.6) is 5.88 Å². The summed E-state index contributed by atoms with van der Waals surface area (Å²) in [6.07, 6.45) is -9.11. The van der Waals surface area contributed by atoms with Crippen molar-refractivity contribution in [3.8, 4) is 5.88 Å². The molecule has 0 aliphatic rings. The highest BCUT2D eigenvalue weighted by Crippen LogP contribution is 2.38. The summed E-state index contributed by atoms with van der Waals surface area (Å²) in [5, 5.41) is 10.7. The fraction of sp³-hybridized carbons (Fsp3) is 0.333. The summed E-state index contributed by atoms with van der Waals surface area (Å²) >= 11 is 0. The average molecular weight is 316 g/mol. The van der Waals surface area contributed by atoms with Crippen molar-refractivity contribution in [1.82, 2.24) is 4.98 Å².